The number of hydrogen-bond acceptors (Lipinski definition) is 7. The summed E-state index contributed by atoms with van der Waals surface area (Å²) in [4.78, 5) is 43.3. The van der Waals surface area contributed by atoms with Crippen molar-refractivity contribution in [2.75, 3.05) is 19.5 Å². The van der Waals surface area contributed by atoms with Gasteiger partial charge in [0.05, 0.1) is 19.8 Å². The molecule has 0 bridgehead atoms. The fourth-order valence-electron chi connectivity index (χ4n) is 5.09. The van der Waals surface area contributed by atoms with Crippen LogP contribution >= 0.6 is 0 Å². The highest BCUT2D eigenvalue weighted by Crippen LogP contribution is 2.47. The monoisotopic (exact) mass is 529 g/mol. The Morgan fingerprint density at radius 3 is 2.21 bits per heavy atom. The maximum Gasteiger partial charge on any atom is 0.573 e. The van der Waals surface area contributed by atoms with Gasteiger partial charge in [-0.05, 0) is 47.7 Å². The first-order valence-corrected chi connectivity index (χ1v) is 11.6. The Morgan fingerprint density at radius 1 is 0.868 bits per heavy atom. The lowest BCUT2D eigenvalue weighted by Crippen LogP contribution is -2.37. The lowest BCUT2D eigenvalue weighted by molar-refractivity contribution is -0.274. The van der Waals surface area contributed by atoms with Crippen LogP contribution in [0.15, 0.2) is 63.3 Å². The number of H-pyrrole nitrogens is 2. The Hall–Kier alpha value is -4.48. The first-order chi connectivity index (χ1) is 18.1. The van der Waals surface area contributed by atoms with Crippen molar-refractivity contribution in [2.24, 2.45) is 0 Å². The number of benzene rings is 2. The molecule has 0 saturated heterocycles. The average molecular weight is 529 g/mol. The second-order valence-corrected chi connectivity index (χ2v) is 8.91. The minimum Gasteiger partial charge on any atom is -0.493 e. The van der Waals surface area contributed by atoms with E-state index in [2.05, 4.69) is 20.0 Å². The summed E-state index contributed by atoms with van der Waals surface area (Å²) in [6, 6.07) is 10.3. The van der Waals surface area contributed by atoms with Gasteiger partial charge < -0.3 is 19.5 Å². The topological polar surface area (TPSA) is 123 Å². The molecule has 12 heteroatoms. The molecule has 2 heterocycles. The van der Waals surface area contributed by atoms with E-state index >= 15 is 0 Å². The highest BCUT2D eigenvalue weighted by atomic mass is 19.4. The number of carbonyl (C=O) groups excluding carboxylic acids is 1. The van der Waals surface area contributed by atoms with Gasteiger partial charge in [0.2, 0.25) is 0 Å². The number of fused-ring (bicyclic) bond motifs is 1. The third-order valence-corrected chi connectivity index (χ3v) is 6.67. The van der Waals surface area contributed by atoms with Gasteiger partial charge in [-0.1, -0.05) is 18.2 Å². The Bertz CT molecular complexity index is 1560. The van der Waals surface area contributed by atoms with Gasteiger partial charge in [-0.2, -0.15) is 0 Å². The number of carbonyl (C=O) groups is 1. The molecule has 2 aliphatic rings. The van der Waals surface area contributed by atoms with Gasteiger partial charge >= 0.3 is 12.1 Å². The van der Waals surface area contributed by atoms with E-state index in [9.17, 15) is 27.6 Å². The van der Waals surface area contributed by atoms with E-state index in [0.29, 0.717) is 34.8 Å². The number of methoxy groups -OCH3 is 2. The molecule has 2 aromatic carbocycles. The van der Waals surface area contributed by atoms with Gasteiger partial charge in [-0.3, -0.25) is 19.6 Å². The standard InChI is InChI=1S/C26H22F3N3O6/c1-36-18-8-5-13(11-19(18)37-2)14-9-16-21(17(33)10-14)20(22-23(30-16)31-25(35)32-24(22)34)12-3-6-15(7-4-12)38-26(27,28)29/h3-8,11,14,20H,9-10H2,1-2H3,(H3,30,31,32,34,35)/t14-,20+/m1/s1. The number of rotatable bonds is 5. The van der Waals surface area contributed by atoms with E-state index in [0.717, 1.165) is 17.7 Å². The number of allylic oxidation sites excluding steroid dienone is 2. The van der Waals surface area contributed by atoms with Gasteiger partial charge in [-0.15, -0.1) is 13.2 Å². The third kappa shape index (κ3) is 4.64. The fourth-order valence-corrected chi connectivity index (χ4v) is 5.09. The Kier molecular flexibility index (Phi) is 6.25. The summed E-state index contributed by atoms with van der Waals surface area (Å²) in [5.74, 6) is -0.669. The number of aromatic nitrogens is 2. The van der Waals surface area contributed by atoms with Crippen molar-refractivity contribution in [1.29, 1.82) is 0 Å². The predicted molar refractivity (Wildman–Crippen MR) is 130 cm³/mol. The van der Waals surface area contributed by atoms with Crippen LogP contribution in [0.2, 0.25) is 0 Å². The maximum atomic E-state index is 13.6. The predicted octanol–water partition coefficient (Wildman–Crippen LogP) is 3.94. The Balaban J connectivity index is 1.59. The largest absolute Gasteiger partial charge is 0.573 e. The Morgan fingerprint density at radius 2 is 1.55 bits per heavy atom. The van der Waals surface area contributed by atoms with Crippen LogP contribution in [-0.2, 0) is 4.79 Å². The molecule has 0 saturated carbocycles. The van der Waals surface area contributed by atoms with Gasteiger partial charge in [-0.25, -0.2) is 4.79 Å². The van der Waals surface area contributed by atoms with Crippen LogP contribution in [0.25, 0.3) is 0 Å². The van der Waals surface area contributed by atoms with Crippen LogP contribution in [0.1, 0.15) is 41.4 Å². The highest BCUT2D eigenvalue weighted by molar-refractivity contribution is 6.01. The molecule has 1 aliphatic carbocycles. The molecule has 0 fully saturated rings. The molecule has 9 nitrogen and oxygen atoms in total. The molecule has 0 unspecified atom stereocenters. The number of alkyl halides is 3. The van der Waals surface area contributed by atoms with E-state index in [1.807, 2.05) is 6.07 Å². The molecule has 198 valence electrons. The van der Waals surface area contributed by atoms with E-state index in [4.69, 9.17) is 9.47 Å². The lowest BCUT2D eigenvalue weighted by atomic mass is 9.72. The number of Topliss-reactive ketones (excluding diaryl/α,β-unsaturated/α-hetero) is 1. The van der Waals surface area contributed by atoms with Crippen molar-refractivity contribution in [1.82, 2.24) is 9.97 Å². The van der Waals surface area contributed by atoms with Crippen LogP contribution in [-0.4, -0.2) is 36.3 Å². The van der Waals surface area contributed by atoms with Crippen molar-refractivity contribution < 1.29 is 32.2 Å². The molecule has 3 N–H and O–H groups in total. The van der Waals surface area contributed by atoms with Gasteiger partial charge in [0.1, 0.15) is 11.6 Å². The number of hydrogen-bond donors (Lipinski definition) is 3. The average Bonchev–Trinajstić information content (AvgIpc) is 2.86. The lowest BCUT2D eigenvalue weighted by Gasteiger charge is -2.35. The van der Waals surface area contributed by atoms with Gasteiger partial charge in [0.25, 0.3) is 5.56 Å². The first kappa shape index (κ1) is 25.2. The van der Waals surface area contributed by atoms with E-state index in [1.165, 1.54) is 26.4 Å². The van der Waals surface area contributed by atoms with E-state index < -0.39 is 29.3 Å². The molecule has 3 aromatic rings. The van der Waals surface area contributed by atoms with Crippen molar-refractivity contribution in [3.05, 3.63) is 91.3 Å². The fraction of sp³-hybridized carbons (Fsp3) is 0.269. The van der Waals surface area contributed by atoms with Crippen molar-refractivity contribution in [2.45, 2.75) is 31.0 Å². The summed E-state index contributed by atoms with van der Waals surface area (Å²) in [6.45, 7) is 0. The van der Waals surface area contributed by atoms with Gasteiger partial charge in [0.15, 0.2) is 17.3 Å². The van der Waals surface area contributed by atoms with Crippen molar-refractivity contribution >= 4 is 11.6 Å². The minimum absolute atomic E-state index is 0.0887. The minimum atomic E-state index is -4.87. The summed E-state index contributed by atoms with van der Waals surface area (Å²) in [5.41, 5.74) is 0.692. The molecular formula is C26H22F3N3O6. The zero-order valence-corrected chi connectivity index (χ0v) is 20.2. The Labute approximate surface area is 213 Å². The summed E-state index contributed by atoms with van der Waals surface area (Å²) in [6.07, 6.45) is -4.37. The number of nitrogens with one attached hydrogen (secondary N) is 3. The molecular weight excluding hydrogens is 507 g/mol. The number of ether oxygens (including phenoxy) is 3. The van der Waals surface area contributed by atoms with Crippen LogP contribution in [0.5, 0.6) is 17.2 Å². The zero-order chi connectivity index (χ0) is 27.2. The second-order valence-electron chi connectivity index (χ2n) is 8.91. The zero-order valence-electron chi connectivity index (χ0n) is 20.2. The highest BCUT2D eigenvalue weighted by Gasteiger charge is 2.40. The molecule has 0 amide bonds. The molecule has 2 atom stereocenters. The number of anilines is 1. The summed E-state index contributed by atoms with van der Waals surface area (Å²) < 4.78 is 52.6. The van der Waals surface area contributed by atoms with E-state index in [-0.39, 0.29) is 29.5 Å². The molecule has 38 heavy (non-hydrogen) atoms. The SMILES string of the molecule is COc1ccc([C@H]2CC(=O)C3=C(C2)Nc2[nH]c(=O)[nH]c(=O)c2[C@H]3c2ccc(OC(F)(F)F)cc2)cc1OC. The summed E-state index contributed by atoms with van der Waals surface area (Å²) in [5, 5.41) is 3.06. The first-order valence-electron chi connectivity index (χ1n) is 11.6. The normalized spacial score (nSPS) is 18.8. The number of ketones is 1. The van der Waals surface area contributed by atoms with Crippen LogP contribution in [0.3, 0.4) is 0 Å². The van der Waals surface area contributed by atoms with Crippen LogP contribution < -0.4 is 30.8 Å². The van der Waals surface area contributed by atoms with Crippen LogP contribution in [0.4, 0.5) is 19.0 Å². The van der Waals surface area contributed by atoms with E-state index in [1.54, 1.807) is 12.1 Å². The van der Waals surface area contributed by atoms with Crippen molar-refractivity contribution in [3.63, 3.8) is 0 Å². The molecule has 1 aromatic heterocycles. The smallest absolute Gasteiger partial charge is 0.493 e. The van der Waals surface area contributed by atoms with Gasteiger partial charge in [0, 0.05) is 23.6 Å². The van der Waals surface area contributed by atoms with Crippen molar-refractivity contribution in [3.8, 4) is 17.2 Å². The molecule has 1 aliphatic heterocycles. The number of aromatic amines is 2. The summed E-state index contributed by atoms with van der Waals surface area (Å²) in [7, 11) is 3.03. The number of halogens is 3. The summed E-state index contributed by atoms with van der Waals surface area (Å²) >= 11 is 0. The second kappa shape index (κ2) is 9.43. The molecule has 0 spiro atoms. The quantitative estimate of drug-likeness (QED) is 0.458. The third-order valence-electron chi connectivity index (χ3n) is 6.67. The van der Waals surface area contributed by atoms with Crippen LogP contribution in [0, 0.1) is 0 Å². The molecule has 5 rings (SSSR count). The molecule has 0 radical (unpaired) electrons. The maximum absolute atomic E-state index is 13.6.